The quantitative estimate of drug-likeness (QED) is 0.610. The Morgan fingerprint density at radius 2 is 2.14 bits per heavy atom. The van der Waals surface area contributed by atoms with Crippen molar-refractivity contribution in [3.05, 3.63) is 21.4 Å². The van der Waals surface area contributed by atoms with Gasteiger partial charge in [-0.05, 0) is 34.2 Å². The van der Waals surface area contributed by atoms with Gasteiger partial charge in [0.05, 0.1) is 3.57 Å². The molecule has 1 aromatic heterocycles. The highest BCUT2D eigenvalue weighted by atomic mass is 127. The molecule has 1 aromatic rings. The van der Waals surface area contributed by atoms with Crippen molar-refractivity contribution in [1.29, 1.82) is 0 Å². The van der Waals surface area contributed by atoms with Crippen molar-refractivity contribution >= 4 is 34.2 Å². The molecule has 0 amide bonds. The summed E-state index contributed by atoms with van der Waals surface area (Å²) in [6.07, 6.45) is -3.47. The molecule has 0 N–H and O–H groups in total. The lowest BCUT2D eigenvalue weighted by molar-refractivity contribution is -0.276. The molecule has 0 fully saturated rings. The van der Waals surface area contributed by atoms with Crippen LogP contribution in [0.3, 0.4) is 0 Å². The lowest BCUT2D eigenvalue weighted by atomic mass is 10.3. The highest BCUT2D eigenvalue weighted by molar-refractivity contribution is 14.1. The van der Waals surface area contributed by atoms with Crippen LogP contribution in [0.25, 0.3) is 0 Å². The van der Waals surface area contributed by atoms with Crippen molar-refractivity contribution < 1.29 is 17.9 Å². The number of pyridine rings is 1. The van der Waals surface area contributed by atoms with Gasteiger partial charge in [-0.3, -0.25) is 0 Å². The van der Waals surface area contributed by atoms with Crippen molar-refractivity contribution in [2.24, 2.45) is 0 Å². The van der Waals surface area contributed by atoms with E-state index in [1.54, 1.807) is 22.6 Å². The minimum atomic E-state index is -4.71. The lowest BCUT2D eigenvalue weighted by Crippen LogP contribution is -2.18. The molecule has 78 valence electrons. The third-order valence-electron chi connectivity index (χ3n) is 1.23. The fourth-order valence-corrected chi connectivity index (χ4v) is 1.52. The molecule has 0 aliphatic heterocycles. The first-order chi connectivity index (χ1) is 6.42. The predicted octanol–water partition coefficient (Wildman–Crippen LogP) is 3.32. The first-order valence-electron chi connectivity index (χ1n) is 3.38. The van der Waals surface area contributed by atoms with Crippen LogP contribution in [0.5, 0.6) is 5.88 Å². The molecule has 0 aromatic carbocycles. The van der Waals surface area contributed by atoms with Crippen LogP contribution < -0.4 is 4.74 Å². The number of alkyl halides is 4. The summed E-state index contributed by atoms with van der Waals surface area (Å²) in [5.41, 5.74) is 0.644. The Hall–Kier alpha value is -0.240. The third-order valence-corrected chi connectivity index (χ3v) is 2.31. The van der Waals surface area contributed by atoms with Gasteiger partial charge in [0.1, 0.15) is 0 Å². The number of hydrogen-bond donors (Lipinski definition) is 0. The highest BCUT2D eigenvalue weighted by Gasteiger charge is 2.32. The van der Waals surface area contributed by atoms with Gasteiger partial charge in [0.25, 0.3) is 0 Å². The van der Waals surface area contributed by atoms with Crippen molar-refractivity contribution in [1.82, 2.24) is 4.98 Å². The summed E-state index contributed by atoms with van der Waals surface area (Å²) in [6, 6.07) is 1.49. The minimum absolute atomic E-state index is 0.204. The monoisotopic (exact) mass is 337 g/mol. The Balaban J connectivity index is 2.89. The second-order valence-electron chi connectivity index (χ2n) is 2.31. The van der Waals surface area contributed by atoms with Crippen molar-refractivity contribution in [2.75, 3.05) is 0 Å². The van der Waals surface area contributed by atoms with Gasteiger partial charge in [-0.25, -0.2) is 4.98 Å². The molecule has 7 heteroatoms. The fourth-order valence-electron chi connectivity index (χ4n) is 0.723. The third kappa shape index (κ3) is 3.49. The summed E-state index contributed by atoms with van der Waals surface area (Å²) in [5, 5.41) is 0. The van der Waals surface area contributed by atoms with E-state index in [1.165, 1.54) is 12.3 Å². The summed E-state index contributed by atoms with van der Waals surface area (Å²) in [7, 11) is 0. The largest absolute Gasteiger partial charge is 0.574 e. The maximum absolute atomic E-state index is 11.8. The Bertz CT molecular complexity index is 331. The summed E-state index contributed by atoms with van der Waals surface area (Å²) < 4.78 is 39.4. The first-order valence-corrected chi connectivity index (χ1v) is 5.00. The molecule has 1 heterocycles. The second-order valence-corrected chi connectivity index (χ2v) is 3.74. The van der Waals surface area contributed by atoms with E-state index in [1.807, 2.05) is 0 Å². The Morgan fingerprint density at radius 1 is 1.50 bits per heavy atom. The molecular weight excluding hydrogens is 333 g/mol. The molecule has 0 saturated heterocycles. The Kier molecular flexibility index (Phi) is 3.82. The summed E-state index contributed by atoms with van der Waals surface area (Å²) in [4.78, 5) is 3.50. The summed E-state index contributed by atoms with van der Waals surface area (Å²) in [5.74, 6) is -0.248. The smallest absolute Gasteiger partial charge is 0.387 e. The van der Waals surface area contributed by atoms with Crippen LogP contribution in [0, 0.1) is 3.57 Å². The van der Waals surface area contributed by atoms with Crippen LogP contribution in [0.4, 0.5) is 13.2 Å². The Morgan fingerprint density at radius 3 is 2.57 bits per heavy atom. The zero-order valence-electron chi connectivity index (χ0n) is 6.61. The molecule has 0 atom stereocenters. The second kappa shape index (κ2) is 4.52. The maximum atomic E-state index is 11.8. The molecule has 2 nitrogen and oxygen atoms in total. The number of rotatable bonds is 2. The molecular formula is C7H4ClF3INO. The van der Waals surface area contributed by atoms with E-state index in [2.05, 4.69) is 9.72 Å². The number of aromatic nitrogens is 1. The van der Waals surface area contributed by atoms with Crippen LogP contribution in [-0.2, 0) is 5.88 Å². The van der Waals surface area contributed by atoms with Gasteiger partial charge in [-0.2, -0.15) is 0 Å². The average molecular weight is 337 g/mol. The first kappa shape index (κ1) is 11.8. The molecule has 0 bridgehead atoms. The highest BCUT2D eigenvalue weighted by Crippen LogP contribution is 2.26. The molecule has 0 saturated carbocycles. The molecule has 0 radical (unpaired) electrons. The molecule has 0 aliphatic rings. The average Bonchev–Trinajstić information content (AvgIpc) is 2.06. The number of nitrogens with zero attached hydrogens (tertiary/aromatic N) is 1. The van der Waals surface area contributed by atoms with E-state index in [0.717, 1.165) is 0 Å². The molecule has 1 rings (SSSR count). The fraction of sp³-hybridized carbons (Fsp3) is 0.286. The molecule has 14 heavy (non-hydrogen) atoms. The molecule has 0 spiro atoms. The van der Waals surface area contributed by atoms with E-state index in [4.69, 9.17) is 11.6 Å². The van der Waals surface area contributed by atoms with E-state index in [0.29, 0.717) is 5.56 Å². The topological polar surface area (TPSA) is 22.1 Å². The molecule has 0 unspecified atom stereocenters. The van der Waals surface area contributed by atoms with E-state index in [9.17, 15) is 13.2 Å². The number of hydrogen-bond acceptors (Lipinski definition) is 2. The van der Waals surface area contributed by atoms with E-state index >= 15 is 0 Å². The van der Waals surface area contributed by atoms with Gasteiger partial charge < -0.3 is 4.74 Å². The maximum Gasteiger partial charge on any atom is 0.574 e. The van der Waals surface area contributed by atoms with Gasteiger partial charge in [-0.1, -0.05) is 0 Å². The van der Waals surface area contributed by atoms with E-state index in [-0.39, 0.29) is 9.45 Å². The van der Waals surface area contributed by atoms with Crippen molar-refractivity contribution in [3.63, 3.8) is 0 Å². The van der Waals surface area contributed by atoms with Gasteiger partial charge >= 0.3 is 6.36 Å². The van der Waals surface area contributed by atoms with Gasteiger partial charge in [0.2, 0.25) is 5.88 Å². The van der Waals surface area contributed by atoms with Gasteiger partial charge in [0, 0.05) is 12.1 Å². The molecule has 0 aliphatic carbocycles. The number of halogens is 5. The van der Waals surface area contributed by atoms with Crippen LogP contribution >= 0.6 is 34.2 Å². The van der Waals surface area contributed by atoms with Gasteiger partial charge in [0.15, 0.2) is 0 Å². The minimum Gasteiger partial charge on any atom is -0.387 e. The standard InChI is InChI=1S/C7H4ClF3INO/c8-2-4-1-5(12)6(13-3-4)14-7(9,10)11/h1,3H,2H2. The van der Waals surface area contributed by atoms with E-state index < -0.39 is 12.2 Å². The van der Waals surface area contributed by atoms with Crippen LogP contribution in [0.1, 0.15) is 5.56 Å². The Labute approximate surface area is 96.6 Å². The zero-order chi connectivity index (χ0) is 10.8. The zero-order valence-corrected chi connectivity index (χ0v) is 9.52. The summed E-state index contributed by atoms with van der Waals surface area (Å²) in [6.45, 7) is 0. The van der Waals surface area contributed by atoms with Crippen LogP contribution in [0.2, 0.25) is 0 Å². The van der Waals surface area contributed by atoms with Crippen molar-refractivity contribution in [2.45, 2.75) is 12.2 Å². The van der Waals surface area contributed by atoms with Crippen LogP contribution in [-0.4, -0.2) is 11.3 Å². The van der Waals surface area contributed by atoms with Gasteiger partial charge in [-0.15, -0.1) is 24.8 Å². The number of ether oxygens (including phenoxy) is 1. The summed E-state index contributed by atoms with van der Waals surface area (Å²) >= 11 is 7.18. The normalized spacial score (nSPS) is 11.5. The lowest BCUT2D eigenvalue weighted by Gasteiger charge is -2.09. The van der Waals surface area contributed by atoms with Crippen LogP contribution in [0.15, 0.2) is 12.3 Å². The SMILES string of the molecule is FC(F)(F)Oc1ncc(CCl)cc1I. The predicted molar refractivity (Wildman–Crippen MR) is 53.2 cm³/mol. The van der Waals surface area contributed by atoms with Crippen molar-refractivity contribution in [3.8, 4) is 5.88 Å².